The molecule has 2 aliphatic rings. The molecule has 3 heteroatoms. The van der Waals surface area contributed by atoms with Crippen molar-refractivity contribution in [2.24, 2.45) is 10.9 Å². The Hall–Kier alpha value is -1.61. The minimum atomic E-state index is 0.361. The number of benzene rings is 1. The van der Waals surface area contributed by atoms with Crippen LogP contribution in [-0.2, 0) is 0 Å². The van der Waals surface area contributed by atoms with Crippen molar-refractivity contribution < 1.29 is 4.42 Å². The number of hydrogen-bond donors (Lipinski definition) is 1. The van der Waals surface area contributed by atoms with Crippen LogP contribution in [0.5, 0.6) is 0 Å². The quantitative estimate of drug-likeness (QED) is 0.832. The maximum Gasteiger partial charge on any atom is 0.134 e. The summed E-state index contributed by atoms with van der Waals surface area (Å²) in [5.74, 6) is 1.10. The smallest absolute Gasteiger partial charge is 0.134 e. The van der Waals surface area contributed by atoms with Crippen LogP contribution in [0.1, 0.15) is 24.3 Å². The lowest BCUT2D eigenvalue weighted by molar-refractivity contribution is 0.404. The molecule has 1 aromatic carbocycles. The Morgan fingerprint density at radius 2 is 2.22 bits per heavy atom. The lowest BCUT2D eigenvalue weighted by Crippen LogP contribution is -2.29. The van der Waals surface area contributed by atoms with E-state index < -0.39 is 0 Å². The first-order chi connectivity index (χ1) is 8.92. The molecule has 2 aliphatic heterocycles. The van der Waals surface area contributed by atoms with Crippen LogP contribution in [0.15, 0.2) is 39.9 Å². The zero-order valence-corrected chi connectivity index (χ0v) is 10.2. The van der Waals surface area contributed by atoms with Gasteiger partial charge in [0.05, 0.1) is 6.26 Å². The van der Waals surface area contributed by atoms with Crippen molar-refractivity contribution in [3.8, 4) is 0 Å². The summed E-state index contributed by atoms with van der Waals surface area (Å²) in [6.45, 7) is 1.10. The summed E-state index contributed by atoms with van der Waals surface area (Å²) >= 11 is 0. The highest BCUT2D eigenvalue weighted by atomic mass is 16.3. The van der Waals surface area contributed by atoms with E-state index in [1.54, 1.807) is 0 Å². The van der Waals surface area contributed by atoms with E-state index in [9.17, 15) is 0 Å². The molecule has 2 aromatic rings. The van der Waals surface area contributed by atoms with Gasteiger partial charge in [0.2, 0.25) is 0 Å². The molecule has 18 heavy (non-hydrogen) atoms. The van der Waals surface area contributed by atoms with Gasteiger partial charge < -0.3 is 4.42 Å². The molecular formula is C15H16N2O. The lowest BCUT2D eigenvalue weighted by Gasteiger charge is -2.25. The second kappa shape index (κ2) is 3.95. The number of nitrogens with one attached hydrogen (secondary N) is 1. The van der Waals surface area contributed by atoms with E-state index >= 15 is 0 Å². The van der Waals surface area contributed by atoms with E-state index in [0.717, 1.165) is 12.1 Å². The molecule has 4 rings (SSSR count). The molecule has 1 fully saturated rings. The summed E-state index contributed by atoms with van der Waals surface area (Å²) in [7, 11) is 0. The second-order valence-corrected chi connectivity index (χ2v) is 5.28. The highest BCUT2D eigenvalue weighted by molar-refractivity contribution is 5.85. The molecule has 0 saturated carbocycles. The summed E-state index contributed by atoms with van der Waals surface area (Å²) in [5, 5.41) is 4.67. The number of nitrogens with zero attached hydrogens (tertiary/aromatic N) is 1. The highest BCUT2D eigenvalue weighted by Gasteiger charge is 2.32. The molecule has 0 spiro atoms. The molecule has 0 amide bonds. The van der Waals surface area contributed by atoms with Crippen LogP contribution < -0.4 is 5.32 Å². The van der Waals surface area contributed by atoms with Crippen molar-refractivity contribution in [1.29, 1.82) is 0 Å². The third-order valence-corrected chi connectivity index (χ3v) is 4.21. The van der Waals surface area contributed by atoms with E-state index in [1.165, 1.54) is 23.8 Å². The van der Waals surface area contributed by atoms with Gasteiger partial charge in [-0.1, -0.05) is 18.2 Å². The van der Waals surface area contributed by atoms with Crippen molar-refractivity contribution in [2.75, 3.05) is 6.54 Å². The van der Waals surface area contributed by atoms with Gasteiger partial charge in [-0.3, -0.25) is 10.3 Å². The number of fused-ring (bicyclic) bond motifs is 2. The third-order valence-electron chi connectivity index (χ3n) is 4.21. The van der Waals surface area contributed by atoms with E-state index in [-0.39, 0.29) is 0 Å². The minimum Gasteiger partial charge on any atom is -0.464 e. The lowest BCUT2D eigenvalue weighted by atomic mass is 9.85. The standard InChI is InChI=1S/C15H16N2O/c1-2-4-14-12(3-1)13(9-18-14)11-7-10-5-6-16-15(10)17-8-11/h1-4,8-11,15-16H,5-7H2. The number of furan rings is 1. The Balaban J connectivity index is 1.73. The number of rotatable bonds is 1. The Morgan fingerprint density at radius 3 is 3.22 bits per heavy atom. The largest absolute Gasteiger partial charge is 0.464 e. The zero-order valence-electron chi connectivity index (χ0n) is 10.2. The fourth-order valence-corrected chi connectivity index (χ4v) is 3.24. The van der Waals surface area contributed by atoms with Gasteiger partial charge in [-0.15, -0.1) is 0 Å². The van der Waals surface area contributed by atoms with Crippen molar-refractivity contribution in [1.82, 2.24) is 5.32 Å². The summed E-state index contributed by atoms with van der Waals surface area (Å²) in [4.78, 5) is 4.66. The van der Waals surface area contributed by atoms with Gasteiger partial charge >= 0.3 is 0 Å². The first kappa shape index (κ1) is 10.3. The van der Waals surface area contributed by atoms with Gasteiger partial charge in [-0.2, -0.15) is 0 Å². The molecule has 1 saturated heterocycles. The molecule has 0 radical (unpaired) electrons. The van der Waals surface area contributed by atoms with Gasteiger partial charge in [-0.25, -0.2) is 0 Å². The fraction of sp³-hybridized carbons (Fsp3) is 0.400. The first-order valence-corrected chi connectivity index (χ1v) is 6.64. The highest BCUT2D eigenvalue weighted by Crippen LogP contribution is 2.36. The molecule has 3 nitrogen and oxygen atoms in total. The summed E-state index contributed by atoms with van der Waals surface area (Å²) < 4.78 is 5.64. The van der Waals surface area contributed by atoms with Crippen molar-refractivity contribution in [2.45, 2.75) is 24.9 Å². The molecule has 92 valence electrons. The van der Waals surface area contributed by atoms with Gasteiger partial charge in [0.1, 0.15) is 11.7 Å². The topological polar surface area (TPSA) is 37.5 Å². The van der Waals surface area contributed by atoms with E-state index in [0.29, 0.717) is 18.0 Å². The summed E-state index contributed by atoms with van der Waals surface area (Å²) in [5.41, 5.74) is 2.27. The van der Waals surface area contributed by atoms with Crippen LogP contribution in [-0.4, -0.2) is 18.9 Å². The molecule has 1 N–H and O–H groups in total. The maximum atomic E-state index is 5.64. The van der Waals surface area contributed by atoms with Crippen molar-refractivity contribution >= 4 is 17.2 Å². The molecule has 0 bridgehead atoms. The minimum absolute atomic E-state index is 0.361. The molecule has 0 aliphatic carbocycles. The van der Waals surface area contributed by atoms with Gasteiger partial charge in [0, 0.05) is 23.1 Å². The summed E-state index contributed by atoms with van der Waals surface area (Å²) in [6.07, 6.45) is 6.80. The normalized spacial score (nSPS) is 30.8. The van der Waals surface area contributed by atoms with E-state index in [1.807, 2.05) is 18.4 Å². The van der Waals surface area contributed by atoms with Gasteiger partial charge in [-0.05, 0) is 31.4 Å². The second-order valence-electron chi connectivity index (χ2n) is 5.28. The SMILES string of the molecule is C1=NC2NCCC2CC1c1coc2ccccc12. The maximum absolute atomic E-state index is 5.64. The van der Waals surface area contributed by atoms with Crippen LogP contribution in [0.25, 0.3) is 11.0 Å². The van der Waals surface area contributed by atoms with Gasteiger partial charge in [0.15, 0.2) is 0 Å². The van der Waals surface area contributed by atoms with Crippen molar-refractivity contribution in [3.05, 3.63) is 36.1 Å². The predicted molar refractivity (Wildman–Crippen MR) is 72.0 cm³/mol. The molecule has 1 aromatic heterocycles. The number of aliphatic imine (C=N–C) groups is 1. The van der Waals surface area contributed by atoms with Crippen LogP contribution in [0.3, 0.4) is 0 Å². The summed E-state index contributed by atoms with van der Waals surface area (Å²) in [6, 6.07) is 8.25. The Bertz CT molecular complexity index is 601. The molecule has 3 heterocycles. The Morgan fingerprint density at radius 1 is 1.28 bits per heavy atom. The number of hydrogen-bond acceptors (Lipinski definition) is 3. The zero-order chi connectivity index (χ0) is 11.9. The fourth-order valence-electron chi connectivity index (χ4n) is 3.24. The first-order valence-electron chi connectivity index (χ1n) is 6.64. The van der Waals surface area contributed by atoms with Crippen LogP contribution in [0.4, 0.5) is 0 Å². The van der Waals surface area contributed by atoms with E-state index in [2.05, 4.69) is 28.7 Å². The van der Waals surface area contributed by atoms with E-state index in [4.69, 9.17) is 4.42 Å². The van der Waals surface area contributed by atoms with Crippen LogP contribution in [0.2, 0.25) is 0 Å². The predicted octanol–water partition coefficient (Wildman–Crippen LogP) is 2.93. The average molecular weight is 240 g/mol. The van der Waals surface area contributed by atoms with Crippen molar-refractivity contribution in [3.63, 3.8) is 0 Å². The Kier molecular flexibility index (Phi) is 2.27. The van der Waals surface area contributed by atoms with Gasteiger partial charge in [0.25, 0.3) is 0 Å². The van der Waals surface area contributed by atoms with Crippen LogP contribution in [0, 0.1) is 5.92 Å². The number of para-hydroxylation sites is 1. The Labute approximate surface area is 106 Å². The average Bonchev–Trinajstić information content (AvgIpc) is 3.04. The molecule has 3 atom stereocenters. The third kappa shape index (κ3) is 1.51. The molecular weight excluding hydrogens is 224 g/mol. The monoisotopic (exact) mass is 240 g/mol. The van der Waals surface area contributed by atoms with Crippen LogP contribution >= 0.6 is 0 Å². The molecule has 3 unspecified atom stereocenters.